The first-order valence-corrected chi connectivity index (χ1v) is 6.50. The molecule has 0 amide bonds. The number of nitrogen functional groups attached to an aromatic ring is 1. The first kappa shape index (κ1) is 12.0. The highest BCUT2D eigenvalue weighted by atomic mass is 16.5. The molecule has 1 aromatic heterocycles. The lowest BCUT2D eigenvalue weighted by Gasteiger charge is -2.05. The standard InChI is InChI=1S/C14H18N4O/c1-9-4-11(9)7-18-8-12(6-16-18)10-2-3-13(15)14(5-10)17-19/h2-3,5-6,8-9,11,17,19H,4,7,15H2,1H3. The summed E-state index contributed by atoms with van der Waals surface area (Å²) in [5, 5.41) is 13.4. The molecule has 100 valence electrons. The van der Waals surface area contributed by atoms with E-state index >= 15 is 0 Å². The molecule has 1 aliphatic rings. The Hall–Kier alpha value is -2.01. The van der Waals surface area contributed by atoms with E-state index in [1.165, 1.54) is 6.42 Å². The van der Waals surface area contributed by atoms with Gasteiger partial charge < -0.3 is 5.73 Å². The molecule has 0 aliphatic heterocycles. The van der Waals surface area contributed by atoms with Gasteiger partial charge >= 0.3 is 0 Å². The van der Waals surface area contributed by atoms with Gasteiger partial charge in [-0.3, -0.25) is 15.4 Å². The highest BCUT2D eigenvalue weighted by molar-refractivity contribution is 5.74. The summed E-state index contributed by atoms with van der Waals surface area (Å²) < 4.78 is 1.99. The van der Waals surface area contributed by atoms with Gasteiger partial charge in [-0.2, -0.15) is 5.10 Å². The van der Waals surface area contributed by atoms with Gasteiger partial charge in [0.25, 0.3) is 0 Å². The third-order valence-corrected chi connectivity index (χ3v) is 3.84. The molecule has 19 heavy (non-hydrogen) atoms. The molecule has 2 atom stereocenters. The molecule has 1 aliphatic carbocycles. The highest BCUT2D eigenvalue weighted by Crippen LogP contribution is 2.39. The second-order valence-electron chi connectivity index (χ2n) is 5.34. The first-order valence-electron chi connectivity index (χ1n) is 6.50. The number of hydrogen-bond donors (Lipinski definition) is 3. The van der Waals surface area contributed by atoms with Gasteiger partial charge in [0.15, 0.2) is 0 Å². The Morgan fingerprint density at radius 1 is 1.47 bits per heavy atom. The van der Waals surface area contributed by atoms with Crippen LogP contribution in [0.25, 0.3) is 11.1 Å². The van der Waals surface area contributed by atoms with Gasteiger partial charge in [0.05, 0.1) is 17.6 Å². The molecule has 5 heteroatoms. The SMILES string of the molecule is CC1CC1Cn1cc(-c2ccc(N)c(NO)c2)cn1. The molecule has 3 rings (SSSR count). The number of rotatable bonds is 4. The van der Waals surface area contributed by atoms with E-state index in [0.717, 1.165) is 29.5 Å². The fourth-order valence-corrected chi connectivity index (χ4v) is 2.34. The van der Waals surface area contributed by atoms with Crippen LogP contribution in [0.3, 0.4) is 0 Å². The maximum absolute atomic E-state index is 9.00. The molecule has 5 nitrogen and oxygen atoms in total. The zero-order chi connectivity index (χ0) is 13.4. The number of nitrogens with zero attached hydrogens (tertiary/aromatic N) is 2. The normalized spacial score (nSPS) is 21.4. The van der Waals surface area contributed by atoms with Crippen LogP contribution >= 0.6 is 0 Å². The van der Waals surface area contributed by atoms with E-state index in [-0.39, 0.29) is 0 Å². The Balaban J connectivity index is 1.81. The van der Waals surface area contributed by atoms with Crippen molar-refractivity contribution in [2.75, 3.05) is 11.2 Å². The van der Waals surface area contributed by atoms with Crippen LogP contribution in [0.2, 0.25) is 0 Å². The van der Waals surface area contributed by atoms with Crippen LogP contribution in [-0.4, -0.2) is 15.0 Å². The summed E-state index contributed by atoms with van der Waals surface area (Å²) in [6, 6.07) is 5.52. The average molecular weight is 258 g/mol. The largest absolute Gasteiger partial charge is 0.397 e. The van der Waals surface area contributed by atoms with E-state index in [9.17, 15) is 0 Å². The molecule has 1 fully saturated rings. The quantitative estimate of drug-likeness (QED) is 0.582. The molecule has 0 saturated heterocycles. The molecule has 0 bridgehead atoms. The third-order valence-electron chi connectivity index (χ3n) is 3.84. The predicted octanol–water partition coefficient (Wildman–Crippen LogP) is 2.59. The lowest BCUT2D eigenvalue weighted by atomic mass is 10.1. The van der Waals surface area contributed by atoms with Crippen molar-refractivity contribution in [2.45, 2.75) is 19.9 Å². The number of nitrogens with two attached hydrogens (primary N) is 1. The van der Waals surface area contributed by atoms with Gasteiger partial charge in [-0.1, -0.05) is 13.0 Å². The lowest BCUT2D eigenvalue weighted by molar-refractivity contribution is 0.389. The molecule has 1 saturated carbocycles. The minimum atomic E-state index is 0.515. The van der Waals surface area contributed by atoms with Gasteiger partial charge in [-0.15, -0.1) is 0 Å². The van der Waals surface area contributed by atoms with E-state index in [4.69, 9.17) is 10.9 Å². The van der Waals surface area contributed by atoms with Crippen molar-refractivity contribution in [3.8, 4) is 11.1 Å². The molecular weight excluding hydrogens is 240 g/mol. The van der Waals surface area contributed by atoms with Crippen molar-refractivity contribution < 1.29 is 5.21 Å². The smallest absolute Gasteiger partial charge is 0.0837 e. The number of anilines is 2. The summed E-state index contributed by atoms with van der Waals surface area (Å²) in [4.78, 5) is 0. The molecule has 1 aromatic carbocycles. The lowest BCUT2D eigenvalue weighted by Crippen LogP contribution is -2.00. The molecule has 0 radical (unpaired) electrons. The summed E-state index contributed by atoms with van der Waals surface area (Å²) in [7, 11) is 0. The van der Waals surface area contributed by atoms with Crippen molar-refractivity contribution in [3.63, 3.8) is 0 Å². The minimum absolute atomic E-state index is 0.515. The summed E-state index contributed by atoms with van der Waals surface area (Å²) in [5.41, 5.74) is 10.9. The summed E-state index contributed by atoms with van der Waals surface area (Å²) in [5.74, 6) is 1.60. The topological polar surface area (TPSA) is 76.1 Å². The van der Waals surface area contributed by atoms with Gasteiger partial charge in [0, 0.05) is 18.3 Å². The molecule has 0 spiro atoms. The van der Waals surface area contributed by atoms with E-state index in [0.29, 0.717) is 11.4 Å². The van der Waals surface area contributed by atoms with Gasteiger partial charge in [-0.05, 0) is 36.0 Å². The maximum atomic E-state index is 9.00. The van der Waals surface area contributed by atoms with Crippen molar-refractivity contribution in [1.82, 2.24) is 9.78 Å². The van der Waals surface area contributed by atoms with Crippen molar-refractivity contribution in [3.05, 3.63) is 30.6 Å². The zero-order valence-corrected chi connectivity index (χ0v) is 10.9. The van der Waals surface area contributed by atoms with Crippen LogP contribution in [0.4, 0.5) is 11.4 Å². The number of hydrogen-bond acceptors (Lipinski definition) is 4. The van der Waals surface area contributed by atoms with Crippen LogP contribution in [0.15, 0.2) is 30.6 Å². The Bertz CT molecular complexity index is 593. The van der Waals surface area contributed by atoms with Crippen LogP contribution in [0.5, 0.6) is 0 Å². The summed E-state index contributed by atoms with van der Waals surface area (Å²) in [6.45, 7) is 3.26. The molecule has 2 unspecified atom stereocenters. The van der Waals surface area contributed by atoms with E-state index in [1.54, 1.807) is 6.07 Å². The first-order chi connectivity index (χ1) is 9.17. The summed E-state index contributed by atoms with van der Waals surface area (Å²) >= 11 is 0. The fourth-order valence-electron chi connectivity index (χ4n) is 2.34. The van der Waals surface area contributed by atoms with Crippen molar-refractivity contribution >= 4 is 11.4 Å². The Morgan fingerprint density at radius 2 is 2.26 bits per heavy atom. The zero-order valence-electron chi connectivity index (χ0n) is 10.9. The average Bonchev–Trinajstić information content (AvgIpc) is 2.90. The second kappa shape index (κ2) is 4.59. The van der Waals surface area contributed by atoms with E-state index < -0.39 is 0 Å². The Labute approximate surface area is 112 Å². The van der Waals surface area contributed by atoms with Crippen molar-refractivity contribution in [1.29, 1.82) is 0 Å². The summed E-state index contributed by atoms with van der Waals surface area (Å²) in [6.07, 6.45) is 5.19. The number of benzene rings is 1. The van der Waals surface area contributed by atoms with Gasteiger partial charge in [0.1, 0.15) is 0 Å². The third kappa shape index (κ3) is 2.42. The fraction of sp³-hybridized carbons (Fsp3) is 0.357. The molecule has 1 heterocycles. The van der Waals surface area contributed by atoms with Crippen molar-refractivity contribution in [2.24, 2.45) is 11.8 Å². The predicted molar refractivity (Wildman–Crippen MR) is 74.8 cm³/mol. The monoisotopic (exact) mass is 258 g/mol. The minimum Gasteiger partial charge on any atom is -0.397 e. The Morgan fingerprint density at radius 3 is 2.95 bits per heavy atom. The molecule has 2 aromatic rings. The van der Waals surface area contributed by atoms with Crippen LogP contribution in [0.1, 0.15) is 13.3 Å². The van der Waals surface area contributed by atoms with Gasteiger partial charge in [0.2, 0.25) is 0 Å². The number of aromatic nitrogens is 2. The van der Waals surface area contributed by atoms with Crippen LogP contribution in [0, 0.1) is 11.8 Å². The maximum Gasteiger partial charge on any atom is 0.0837 e. The van der Waals surface area contributed by atoms with Crippen LogP contribution < -0.4 is 11.2 Å². The van der Waals surface area contributed by atoms with Crippen LogP contribution in [-0.2, 0) is 6.54 Å². The van der Waals surface area contributed by atoms with Gasteiger partial charge in [-0.25, -0.2) is 0 Å². The van der Waals surface area contributed by atoms with E-state index in [1.807, 2.05) is 29.2 Å². The van der Waals surface area contributed by atoms with E-state index in [2.05, 4.69) is 17.5 Å². The second-order valence-corrected chi connectivity index (χ2v) is 5.34. The molecule has 4 N–H and O–H groups in total. The highest BCUT2D eigenvalue weighted by Gasteiger charge is 2.32. The Kier molecular flexibility index (Phi) is 2.91. The molecular formula is C14H18N4O. The number of nitrogens with one attached hydrogen (secondary N) is 1.